The van der Waals surface area contributed by atoms with Gasteiger partial charge in [0.2, 0.25) is 0 Å². The summed E-state index contributed by atoms with van der Waals surface area (Å²) in [7, 11) is 0. The first-order chi connectivity index (χ1) is 6.05. The number of rotatable bonds is 1. The van der Waals surface area contributed by atoms with E-state index in [1.54, 1.807) is 0 Å². The molecule has 0 aromatic carbocycles. The lowest BCUT2D eigenvalue weighted by Crippen LogP contribution is -2.33. The van der Waals surface area contributed by atoms with Crippen molar-refractivity contribution in [3.05, 3.63) is 0 Å². The Kier molecular flexibility index (Phi) is 1.80. The van der Waals surface area contributed by atoms with Crippen LogP contribution in [0.4, 0.5) is 0 Å². The fraction of sp³-hybridized carbons (Fsp3) is 0.909. The minimum absolute atomic E-state index is 0.191. The predicted octanol–water partition coefficient (Wildman–Crippen LogP) is 2.84. The van der Waals surface area contributed by atoms with Crippen molar-refractivity contribution in [2.75, 3.05) is 0 Å². The summed E-state index contributed by atoms with van der Waals surface area (Å²) < 4.78 is 5.10. The van der Waals surface area contributed by atoms with Crippen molar-refractivity contribution in [1.29, 1.82) is 5.26 Å². The first kappa shape index (κ1) is 8.87. The molecule has 2 heteroatoms. The highest BCUT2D eigenvalue weighted by atomic mass is 16.5. The second-order valence-corrected chi connectivity index (χ2v) is 5.58. The van der Waals surface area contributed by atoms with Crippen molar-refractivity contribution >= 4 is 0 Å². The SMILES string of the molecule is CC1(C)CC(OC#N)CC2(CC2)C1. The van der Waals surface area contributed by atoms with E-state index in [2.05, 4.69) is 13.8 Å². The van der Waals surface area contributed by atoms with Gasteiger partial charge in [0, 0.05) is 0 Å². The molecule has 13 heavy (non-hydrogen) atoms. The van der Waals surface area contributed by atoms with Gasteiger partial charge in [-0.3, -0.25) is 0 Å². The van der Waals surface area contributed by atoms with Gasteiger partial charge < -0.3 is 4.74 Å². The zero-order valence-electron chi connectivity index (χ0n) is 8.47. The maximum atomic E-state index is 8.51. The van der Waals surface area contributed by atoms with E-state index in [-0.39, 0.29) is 6.10 Å². The van der Waals surface area contributed by atoms with E-state index in [0.29, 0.717) is 10.8 Å². The normalized spacial score (nSPS) is 33.8. The Hall–Kier alpha value is -0.710. The third-order valence-corrected chi connectivity index (χ3v) is 3.47. The lowest BCUT2D eigenvalue weighted by Gasteiger charge is -2.39. The molecule has 0 radical (unpaired) electrons. The molecule has 0 amide bonds. The molecule has 0 heterocycles. The molecule has 2 fully saturated rings. The highest BCUT2D eigenvalue weighted by Gasteiger charge is 2.51. The zero-order chi connectivity index (χ0) is 9.53. The average molecular weight is 179 g/mol. The van der Waals surface area contributed by atoms with Crippen LogP contribution in [0.2, 0.25) is 0 Å². The molecular weight excluding hydrogens is 162 g/mol. The van der Waals surface area contributed by atoms with Crippen molar-refractivity contribution in [3.63, 3.8) is 0 Å². The van der Waals surface area contributed by atoms with E-state index in [4.69, 9.17) is 10.00 Å². The van der Waals surface area contributed by atoms with Crippen LogP contribution < -0.4 is 0 Å². The first-order valence-corrected chi connectivity index (χ1v) is 5.10. The van der Waals surface area contributed by atoms with Crippen LogP contribution in [0.15, 0.2) is 0 Å². The lowest BCUT2D eigenvalue weighted by molar-refractivity contribution is 0.0219. The molecule has 0 N–H and O–H groups in total. The Bertz CT molecular complexity index is 241. The van der Waals surface area contributed by atoms with Gasteiger partial charge in [-0.2, -0.15) is 5.26 Å². The van der Waals surface area contributed by atoms with E-state index in [1.807, 2.05) is 6.26 Å². The first-order valence-electron chi connectivity index (χ1n) is 5.10. The average Bonchev–Trinajstić information content (AvgIpc) is 2.65. The molecule has 72 valence electrons. The maximum absolute atomic E-state index is 8.51. The van der Waals surface area contributed by atoms with Gasteiger partial charge in [0.05, 0.1) is 0 Å². The smallest absolute Gasteiger partial charge is 0.286 e. The van der Waals surface area contributed by atoms with Crippen molar-refractivity contribution in [2.45, 2.75) is 52.1 Å². The minimum atomic E-state index is 0.191. The summed E-state index contributed by atoms with van der Waals surface area (Å²) >= 11 is 0. The van der Waals surface area contributed by atoms with E-state index in [0.717, 1.165) is 12.8 Å². The Morgan fingerprint density at radius 2 is 2.00 bits per heavy atom. The molecule has 0 aromatic rings. The molecular formula is C11H17NO. The van der Waals surface area contributed by atoms with E-state index in [1.165, 1.54) is 19.3 Å². The molecule has 2 saturated carbocycles. The molecule has 1 unspecified atom stereocenters. The molecule has 0 bridgehead atoms. The number of hydrogen-bond acceptors (Lipinski definition) is 2. The van der Waals surface area contributed by atoms with Gasteiger partial charge in [-0.25, -0.2) is 0 Å². The Morgan fingerprint density at radius 1 is 1.31 bits per heavy atom. The second kappa shape index (κ2) is 2.64. The Morgan fingerprint density at radius 3 is 2.54 bits per heavy atom. The number of nitrogens with zero attached hydrogens (tertiary/aromatic N) is 1. The zero-order valence-corrected chi connectivity index (χ0v) is 8.47. The number of hydrogen-bond donors (Lipinski definition) is 0. The third kappa shape index (κ3) is 1.80. The summed E-state index contributed by atoms with van der Waals surface area (Å²) in [5.41, 5.74) is 0.930. The molecule has 2 nitrogen and oxygen atoms in total. The molecule has 1 atom stereocenters. The maximum Gasteiger partial charge on any atom is 0.286 e. The summed E-state index contributed by atoms with van der Waals surface area (Å²) in [5, 5.41) is 8.51. The van der Waals surface area contributed by atoms with E-state index >= 15 is 0 Å². The van der Waals surface area contributed by atoms with Crippen molar-refractivity contribution < 1.29 is 4.74 Å². The quantitative estimate of drug-likeness (QED) is 0.580. The molecule has 0 aromatic heterocycles. The fourth-order valence-electron chi connectivity index (χ4n) is 3.05. The van der Waals surface area contributed by atoms with Gasteiger partial charge in [0.25, 0.3) is 6.26 Å². The number of nitriles is 1. The summed E-state index contributed by atoms with van der Waals surface area (Å²) in [4.78, 5) is 0. The largest absolute Gasteiger partial charge is 0.424 e. The van der Waals surface area contributed by atoms with Crippen LogP contribution in [-0.4, -0.2) is 6.10 Å². The van der Waals surface area contributed by atoms with Crippen LogP contribution in [0.5, 0.6) is 0 Å². The van der Waals surface area contributed by atoms with Crippen molar-refractivity contribution in [2.24, 2.45) is 10.8 Å². The molecule has 2 aliphatic rings. The van der Waals surface area contributed by atoms with Crippen LogP contribution in [0.25, 0.3) is 0 Å². The molecule has 2 rings (SSSR count). The highest BCUT2D eigenvalue weighted by molar-refractivity contribution is 5.02. The van der Waals surface area contributed by atoms with Crippen molar-refractivity contribution in [1.82, 2.24) is 0 Å². The molecule has 0 aliphatic heterocycles. The highest BCUT2D eigenvalue weighted by Crippen LogP contribution is 2.61. The molecule has 2 aliphatic carbocycles. The van der Waals surface area contributed by atoms with E-state index in [9.17, 15) is 0 Å². The van der Waals surface area contributed by atoms with Gasteiger partial charge in [-0.05, 0) is 42.9 Å². The van der Waals surface area contributed by atoms with Crippen LogP contribution in [-0.2, 0) is 4.74 Å². The predicted molar refractivity (Wildman–Crippen MR) is 49.8 cm³/mol. The van der Waals surface area contributed by atoms with E-state index < -0.39 is 0 Å². The standard InChI is InChI=1S/C11H17NO/c1-10(2)5-9(13-8-12)6-11(7-10)3-4-11/h9H,3-7H2,1-2H3. The lowest BCUT2D eigenvalue weighted by atomic mass is 9.69. The molecule has 0 saturated heterocycles. The number of ether oxygens (including phenoxy) is 1. The topological polar surface area (TPSA) is 33.0 Å². The molecule has 1 spiro atoms. The third-order valence-electron chi connectivity index (χ3n) is 3.47. The summed E-state index contributed by atoms with van der Waals surface area (Å²) in [6.45, 7) is 4.58. The summed E-state index contributed by atoms with van der Waals surface area (Å²) in [6, 6.07) is 0. The minimum Gasteiger partial charge on any atom is -0.424 e. The van der Waals surface area contributed by atoms with Gasteiger partial charge in [0.1, 0.15) is 6.10 Å². The van der Waals surface area contributed by atoms with Crippen LogP contribution >= 0.6 is 0 Å². The fourth-order valence-corrected chi connectivity index (χ4v) is 3.05. The monoisotopic (exact) mass is 179 g/mol. The van der Waals surface area contributed by atoms with Gasteiger partial charge >= 0.3 is 0 Å². The Labute approximate surface area is 79.9 Å². The van der Waals surface area contributed by atoms with Crippen LogP contribution in [0.3, 0.4) is 0 Å². The summed E-state index contributed by atoms with van der Waals surface area (Å²) in [6.07, 6.45) is 8.21. The summed E-state index contributed by atoms with van der Waals surface area (Å²) in [5.74, 6) is 0. The van der Waals surface area contributed by atoms with Gasteiger partial charge in [0.15, 0.2) is 0 Å². The van der Waals surface area contributed by atoms with Gasteiger partial charge in [-0.15, -0.1) is 0 Å². The second-order valence-electron chi connectivity index (χ2n) is 5.58. The van der Waals surface area contributed by atoms with Crippen molar-refractivity contribution in [3.8, 4) is 6.26 Å². The Balaban J connectivity index is 2.04. The van der Waals surface area contributed by atoms with Crippen LogP contribution in [0, 0.1) is 22.3 Å². The van der Waals surface area contributed by atoms with Gasteiger partial charge in [-0.1, -0.05) is 13.8 Å². The van der Waals surface area contributed by atoms with Crippen LogP contribution in [0.1, 0.15) is 46.0 Å².